The molecule has 0 spiro atoms. The van der Waals surface area contributed by atoms with Gasteiger partial charge in [-0.3, -0.25) is 4.79 Å². The monoisotopic (exact) mass is 405 g/mol. The number of carbonyl (C=O) groups is 1. The Morgan fingerprint density at radius 3 is 2.40 bits per heavy atom. The van der Waals surface area contributed by atoms with Crippen LogP contribution in [0.3, 0.4) is 0 Å². The molecule has 7 heteroatoms. The number of hydrogen-bond donors (Lipinski definition) is 0. The number of rotatable bonds is 5. The summed E-state index contributed by atoms with van der Waals surface area (Å²) < 4.78 is 7.54. The fourth-order valence-corrected chi connectivity index (χ4v) is 3.84. The zero-order chi connectivity index (χ0) is 21.1. The van der Waals surface area contributed by atoms with Crippen molar-refractivity contribution in [2.75, 3.05) is 37.7 Å². The molecule has 0 N–H and O–H groups in total. The number of aryl methyl sites for hydroxylation is 2. The van der Waals surface area contributed by atoms with E-state index in [-0.39, 0.29) is 12.5 Å². The van der Waals surface area contributed by atoms with Crippen LogP contribution >= 0.6 is 0 Å². The van der Waals surface area contributed by atoms with Crippen molar-refractivity contribution in [3.8, 4) is 11.6 Å². The molecule has 0 radical (unpaired) electrons. The molecule has 0 aliphatic carbocycles. The predicted molar refractivity (Wildman–Crippen MR) is 116 cm³/mol. The van der Waals surface area contributed by atoms with Crippen molar-refractivity contribution in [1.29, 1.82) is 0 Å². The molecule has 1 fully saturated rings. The molecule has 0 bridgehead atoms. The van der Waals surface area contributed by atoms with Crippen molar-refractivity contribution in [3.05, 3.63) is 65.6 Å². The number of anilines is 1. The Kier molecular flexibility index (Phi) is 5.70. The summed E-state index contributed by atoms with van der Waals surface area (Å²) in [6.45, 7) is 9.06. The Morgan fingerprint density at radius 2 is 1.73 bits per heavy atom. The van der Waals surface area contributed by atoms with Crippen LogP contribution < -0.4 is 9.64 Å². The summed E-state index contributed by atoms with van der Waals surface area (Å²) in [6, 6.07) is 13.6. The number of ether oxygens (including phenoxy) is 1. The van der Waals surface area contributed by atoms with E-state index in [1.54, 1.807) is 6.20 Å². The minimum atomic E-state index is 0.0212. The first kappa shape index (κ1) is 19.9. The molecular formula is C23H27N5O2. The van der Waals surface area contributed by atoms with Crippen LogP contribution in [0.2, 0.25) is 0 Å². The highest BCUT2D eigenvalue weighted by atomic mass is 16.5. The molecule has 156 valence electrons. The second-order valence-electron chi connectivity index (χ2n) is 7.59. The third kappa shape index (κ3) is 4.15. The van der Waals surface area contributed by atoms with E-state index in [0.717, 1.165) is 41.7 Å². The Balaban J connectivity index is 1.37. The van der Waals surface area contributed by atoms with Crippen LogP contribution in [0, 0.1) is 20.8 Å². The number of pyridine rings is 1. The van der Waals surface area contributed by atoms with Crippen molar-refractivity contribution >= 4 is 11.6 Å². The Bertz CT molecular complexity index is 1010. The summed E-state index contributed by atoms with van der Waals surface area (Å²) in [4.78, 5) is 21.2. The Hall–Kier alpha value is -3.35. The standard InChI is InChI=1S/C23H27N5O2/c1-17-7-9-20(10-8-17)30-16-22(29)26-12-14-27(15-13-26)23-18(2)25-28(19(23)3)21-6-4-5-11-24-21/h4-11H,12-16H2,1-3H3. The lowest BCUT2D eigenvalue weighted by molar-refractivity contribution is -0.133. The van der Waals surface area contributed by atoms with Gasteiger partial charge >= 0.3 is 0 Å². The number of amides is 1. The van der Waals surface area contributed by atoms with E-state index in [0.29, 0.717) is 13.1 Å². The van der Waals surface area contributed by atoms with Crippen LogP contribution in [-0.2, 0) is 4.79 Å². The first-order valence-electron chi connectivity index (χ1n) is 10.2. The lowest BCUT2D eigenvalue weighted by atomic mass is 10.2. The van der Waals surface area contributed by atoms with E-state index in [2.05, 4.69) is 16.8 Å². The Labute approximate surface area is 176 Å². The van der Waals surface area contributed by atoms with Crippen molar-refractivity contribution in [1.82, 2.24) is 19.7 Å². The lowest BCUT2D eigenvalue weighted by Gasteiger charge is -2.36. The summed E-state index contributed by atoms with van der Waals surface area (Å²) in [5.74, 6) is 1.56. The largest absolute Gasteiger partial charge is 0.484 e. The number of benzene rings is 1. The van der Waals surface area contributed by atoms with Gasteiger partial charge in [-0.15, -0.1) is 0 Å². The van der Waals surface area contributed by atoms with Crippen molar-refractivity contribution in [2.45, 2.75) is 20.8 Å². The van der Waals surface area contributed by atoms with Gasteiger partial charge < -0.3 is 14.5 Å². The molecule has 1 amide bonds. The van der Waals surface area contributed by atoms with Gasteiger partial charge in [-0.05, 0) is 45.0 Å². The molecular weight excluding hydrogens is 378 g/mol. The van der Waals surface area contributed by atoms with Gasteiger partial charge in [0.25, 0.3) is 5.91 Å². The molecule has 7 nitrogen and oxygen atoms in total. The normalized spacial score (nSPS) is 14.1. The van der Waals surface area contributed by atoms with Gasteiger partial charge in [-0.1, -0.05) is 23.8 Å². The number of carbonyl (C=O) groups excluding carboxylic acids is 1. The van der Waals surface area contributed by atoms with Crippen molar-refractivity contribution in [3.63, 3.8) is 0 Å². The summed E-state index contributed by atoms with van der Waals surface area (Å²) in [5.41, 5.74) is 4.33. The van der Waals surface area contributed by atoms with Gasteiger partial charge in [0.1, 0.15) is 5.75 Å². The van der Waals surface area contributed by atoms with E-state index in [4.69, 9.17) is 9.84 Å². The molecule has 0 saturated carbocycles. The molecule has 1 saturated heterocycles. The topological polar surface area (TPSA) is 63.5 Å². The molecule has 3 heterocycles. The Morgan fingerprint density at radius 1 is 1.00 bits per heavy atom. The van der Waals surface area contributed by atoms with E-state index in [1.165, 1.54) is 5.56 Å². The first-order valence-corrected chi connectivity index (χ1v) is 10.2. The first-order chi connectivity index (χ1) is 14.5. The van der Waals surface area contributed by atoms with Crippen molar-refractivity contribution in [2.24, 2.45) is 0 Å². The molecule has 0 atom stereocenters. The quantitative estimate of drug-likeness (QED) is 0.653. The van der Waals surface area contributed by atoms with E-state index >= 15 is 0 Å². The van der Waals surface area contributed by atoms with Gasteiger partial charge in [0.05, 0.1) is 17.1 Å². The molecule has 1 aromatic carbocycles. The van der Waals surface area contributed by atoms with Gasteiger partial charge in [0.2, 0.25) is 0 Å². The minimum Gasteiger partial charge on any atom is -0.484 e. The summed E-state index contributed by atoms with van der Waals surface area (Å²) in [6.07, 6.45) is 1.77. The minimum absolute atomic E-state index is 0.0212. The highest BCUT2D eigenvalue weighted by Gasteiger charge is 2.25. The van der Waals surface area contributed by atoms with Gasteiger partial charge in [0.15, 0.2) is 12.4 Å². The maximum atomic E-state index is 12.6. The molecule has 2 aromatic heterocycles. The van der Waals surface area contributed by atoms with Crippen LogP contribution in [0.15, 0.2) is 48.7 Å². The number of piperazine rings is 1. The summed E-state index contributed by atoms with van der Waals surface area (Å²) >= 11 is 0. The molecule has 30 heavy (non-hydrogen) atoms. The molecule has 4 rings (SSSR count). The fraction of sp³-hybridized carbons (Fsp3) is 0.348. The maximum absolute atomic E-state index is 12.6. The highest BCUT2D eigenvalue weighted by molar-refractivity contribution is 5.78. The third-order valence-corrected chi connectivity index (χ3v) is 5.45. The summed E-state index contributed by atoms with van der Waals surface area (Å²) in [7, 11) is 0. The van der Waals surface area contributed by atoms with E-state index in [9.17, 15) is 4.79 Å². The van der Waals surface area contributed by atoms with E-state index in [1.807, 2.05) is 65.9 Å². The molecule has 1 aliphatic rings. The van der Waals surface area contributed by atoms with Crippen LogP contribution in [0.25, 0.3) is 5.82 Å². The number of nitrogens with zero attached hydrogens (tertiary/aromatic N) is 5. The average Bonchev–Trinajstić information content (AvgIpc) is 3.08. The smallest absolute Gasteiger partial charge is 0.260 e. The predicted octanol–water partition coefficient (Wildman–Crippen LogP) is 2.92. The van der Waals surface area contributed by atoms with Crippen LogP contribution in [0.5, 0.6) is 5.75 Å². The fourth-order valence-electron chi connectivity index (χ4n) is 3.84. The van der Waals surface area contributed by atoms with Crippen LogP contribution in [0.1, 0.15) is 17.0 Å². The van der Waals surface area contributed by atoms with Crippen LogP contribution in [-0.4, -0.2) is 58.4 Å². The third-order valence-electron chi connectivity index (χ3n) is 5.45. The van der Waals surface area contributed by atoms with Crippen molar-refractivity contribution < 1.29 is 9.53 Å². The lowest BCUT2D eigenvalue weighted by Crippen LogP contribution is -2.50. The zero-order valence-corrected chi connectivity index (χ0v) is 17.7. The van der Waals surface area contributed by atoms with Gasteiger partial charge in [-0.2, -0.15) is 5.10 Å². The van der Waals surface area contributed by atoms with Gasteiger partial charge in [0, 0.05) is 32.4 Å². The van der Waals surface area contributed by atoms with E-state index < -0.39 is 0 Å². The highest BCUT2D eigenvalue weighted by Crippen LogP contribution is 2.27. The number of hydrogen-bond acceptors (Lipinski definition) is 5. The maximum Gasteiger partial charge on any atom is 0.260 e. The summed E-state index contributed by atoms with van der Waals surface area (Å²) in [5, 5.41) is 4.69. The SMILES string of the molecule is Cc1ccc(OCC(=O)N2CCN(c3c(C)nn(-c4ccccn4)c3C)CC2)cc1. The van der Waals surface area contributed by atoms with Gasteiger partial charge in [-0.25, -0.2) is 9.67 Å². The zero-order valence-electron chi connectivity index (χ0n) is 17.7. The second-order valence-corrected chi connectivity index (χ2v) is 7.59. The molecule has 3 aromatic rings. The average molecular weight is 406 g/mol. The van der Waals surface area contributed by atoms with Crippen LogP contribution in [0.4, 0.5) is 5.69 Å². The second kappa shape index (κ2) is 8.57. The molecule has 0 unspecified atom stereocenters. The molecule has 1 aliphatic heterocycles. The number of aromatic nitrogens is 3.